The monoisotopic (exact) mass is 378 g/mol. The van der Waals surface area contributed by atoms with E-state index in [0.717, 1.165) is 11.0 Å². The van der Waals surface area contributed by atoms with Crippen LogP contribution in [0.3, 0.4) is 0 Å². The molecule has 7 nitrogen and oxygen atoms in total. The van der Waals surface area contributed by atoms with Crippen LogP contribution in [0.15, 0.2) is 55.4 Å². The summed E-state index contributed by atoms with van der Waals surface area (Å²) in [5.41, 5.74) is 2.25. The van der Waals surface area contributed by atoms with E-state index >= 15 is 0 Å². The molecular weight excluding hydrogens is 359 g/mol. The van der Waals surface area contributed by atoms with Crippen LogP contribution in [0.1, 0.15) is 35.8 Å². The molecule has 1 amide bonds. The molecule has 0 saturated carbocycles. The first-order chi connectivity index (χ1) is 13.5. The average Bonchev–Trinajstić information content (AvgIpc) is 3.35. The number of fused-ring (bicyclic) bond motifs is 1. The minimum absolute atomic E-state index is 0.185. The topological polar surface area (TPSA) is 77.6 Å². The first-order valence-corrected chi connectivity index (χ1v) is 8.91. The molecule has 1 N–H and O–H groups in total. The van der Waals surface area contributed by atoms with E-state index in [1.807, 2.05) is 18.5 Å². The van der Waals surface area contributed by atoms with E-state index in [0.29, 0.717) is 16.8 Å². The number of aromatic nitrogens is 5. The van der Waals surface area contributed by atoms with Crippen molar-refractivity contribution in [1.29, 1.82) is 0 Å². The van der Waals surface area contributed by atoms with Gasteiger partial charge in [0, 0.05) is 36.6 Å². The van der Waals surface area contributed by atoms with E-state index < -0.39 is 0 Å². The van der Waals surface area contributed by atoms with Crippen molar-refractivity contribution in [2.24, 2.45) is 0 Å². The number of hydrogen-bond acceptors (Lipinski definition) is 4. The van der Waals surface area contributed by atoms with Gasteiger partial charge in [0.25, 0.3) is 5.91 Å². The molecule has 28 heavy (non-hydrogen) atoms. The van der Waals surface area contributed by atoms with Crippen LogP contribution in [0.5, 0.6) is 0 Å². The fraction of sp³-hybridized carbons (Fsp3) is 0.200. The quantitative estimate of drug-likeness (QED) is 0.578. The van der Waals surface area contributed by atoms with E-state index in [4.69, 9.17) is 0 Å². The van der Waals surface area contributed by atoms with Crippen molar-refractivity contribution in [3.05, 3.63) is 72.3 Å². The Morgan fingerprint density at radius 1 is 1.25 bits per heavy atom. The van der Waals surface area contributed by atoms with Crippen molar-refractivity contribution in [3.63, 3.8) is 0 Å². The number of nitrogens with one attached hydrogen (secondary N) is 1. The molecule has 142 valence electrons. The molecule has 0 bridgehead atoms. The second-order valence-corrected chi connectivity index (χ2v) is 6.76. The molecule has 0 unspecified atom stereocenters. The maximum atomic E-state index is 14.3. The Morgan fingerprint density at radius 2 is 2.11 bits per heavy atom. The largest absolute Gasteiger partial charge is 0.348 e. The van der Waals surface area contributed by atoms with Gasteiger partial charge in [0.15, 0.2) is 5.65 Å². The summed E-state index contributed by atoms with van der Waals surface area (Å²) in [5, 5.41) is 7.90. The summed E-state index contributed by atoms with van der Waals surface area (Å²) in [6.07, 6.45) is 8.02. The van der Waals surface area contributed by atoms with Gasteiger partial charge in [-0.3, -0.25) is 4.79 Å². The zero-order valence-electron chi connectivity index (χ0n) is 15.5. The lowest BCUT2D eigenvalue weighted by molar-refractivity contribution is 0.0950. The number of nitrogens with zero attached hydrogens (tertiary/aromatic N) is 5. The summed E-state index contributed by atoms with van der Waals surface area (Å²) in [5.74, 6) is -0.653. The fourth-order valence-electron chi connectivity index (χ4n) is 3.00. The van der Waals surface area contributed by atoms with Gasteiger partial charge in [0.1, 0.15) is 5.82 Å². The lowest BCUT2D eigenvalue weighted by Gasteiger charge is -2.09. The molecule has 0 saturated heterocycles. The van der Waals surface area contributed by atoms with E-state index in [1.165, 1.54) is 18.6 Å². The first kappa shape index (κ1) is 17.8. The molecule has 3 heterocycles. The van der Waals surface area contributed by atoms with Crippen molar-refractivity contribution in [2.75, 3.05) is 0 Å². The molecule has 0 aliphatic heterocycles. The van der Waals surface area contributed by atoms with Crippen LogP contribution in [0.25, 0.3) is 16.7 Å². The highest BCUT2D eigenvalue weighted by Gasteiger charge is 2.12. The molecule has 0 aliphatic carbocycles. The zero-order chi connectivity index (χ0) is 19.7. The van der Waals surface area contributed by atoms with Crippen LogP contribution in [-0.4, -0.2) is 30.2 Å². The third kappa shape index (κ3) is 3.36. The van der Waals surface area contributed by atoms with Gasteiger partial charge >= 0.3 is 0 Å². The zero-order valence-corrected chi connectivity index (χ0v) is 15.5. The van der Waals surface area contributed by atoms with Crippen molar-refractivity contribution in [2.45, 2.75) is 26.4 Å². The van der Waals surface area contributed by atoms with Gasteiger partial charge in [0.2, 0.25) is 0 Å². The number of carbonyl (C=O) groups is 1. The number of rotatable bonds is 5. The number of carbonyl (C=O) groups excluding carboxylic acids is 1. The van der Waals surface area contributed by atoms with Crippen LogP contribution in [-0.2, 0) is 6.54 Å². The molecule has 8 heteroatoms. The number of pyridine rings is 1. The molecule has 0 aliphatic rings. The Hall–Kier alpha value is -3.55. The van der Waals surface area contributed by atoms with Crippen molar-refractivity contribution in [3.8, 4) is 5.69 Å². The van der Waals surface area contributed by atoms with Crippen LogP contribution < -0.4 is 5.32 Å². The van der Waals surface area contributed by atoms with E-state index in [-0.39, 0.29) is 24.3 Å². The summed E-state index contributed by atoms with van der Waals surface area (Å²) in [7, 11) is 0. The Labute approximate surface area is 160 Å². The first-order valence-electron chi connectivity index (χ1n) is 8.91. The van der Waals surface area contributed by atoms with Gasteiger partial charge in [-0.2, -0.15) is 5.10 Å². The van der Waals surface area contributed by atoms with Crippen LogP contribution in [0.4, 0.5) is 4.39 Å². The van der Waals surface area contributed by atoms with Crippen molar-refractivity contribution in [1.82, 2.24) is 29.6 Å². The SMILES string of the molecule is CC(C)n1ncc2cc(C(=O)NCc3ccc(-n4ccnc4)c(F)c3)cnc21. The number of amides is 1. The molecule has 0 fully saturated rings. The van der Waals surface area contributed by atoms with E-state index in [9.17, 15) is 9.18 Å². The molecule has 1 aromatic carbocycles. The predicted molar refractivity (Wildman–Crippen MR) is 103 cm³/mol. The third-order valence-corrected chi connectivity index (χ3v) is 4.43. The molecule has 0 atom stereocenters. The van der Waals surface area contributed by atoms with Crippen molar-refractivity contribution < 1.29 is 9.18 Å². The van der Waals surface area contributed by atoms with Gasteiger partial charge < -0.3 is 9.88 Å². The number of halogens is 1. The van der Waals surface area contributed by atoms with Crippen LogP contribution in [0, 0.1) is 5.82 Å². The molecule has 4 aromatic rings. The van der Waals surface area contributed by atoms with Gasteiger partial charge in [0.05, 0.1) is 23.8 Å². The lowest BCUT2D eigenvalue weighted by Crippen LogP contribution is -2.23. The fourth-order valence-corrected chi connectivity index (χ4v) is 3.00. The van der Waals surface area contributed by atoms with Gasteiger partial charge in [-0.25, -0.2) is 19.0 Å². The molecular formula is C20H19FN6O. The van der Waals surface area contributed by atoms with E-state index in [2.05, 4.69) is 20.4 Å². The van der Waals surface area contributed by atoms with E-state index in [1.54, 1.807) is 41.4 Å². The summed E-state index contributed by atoms with van der Waals surface area (Å²) < 4.78 is 17.7. The molecule has 0 radical (unpaired) electrons. The standard InChI is InChI=1S/C20H19FN6O/c1-13(2)27-19-15(11-25-27)8-16(10-23-19)20(28)24-9-14-3-4-18(17(21)7-14)26-6-5-22-12-26/h3-8,10-13H,9H2,1-2H3,(H,24,28). The lowest BCUT2D eigenvalue weighted by atomic mass is 10.1. The minimum Gasteiger partial charge on any atom is -0.348 e. The van der Waals surface area contributed by atoms with Gasteiger partial charge in [-0.05, 0) is 37.6 Å². The number of imidazole rings is 1. The maximum absolute atomic E-state index is 14.3. The van der Waals surface area contributed by atoms with Gasteiger partial charge in [-0.1, -0.05) is 6.07 Å². The Kier molecular flexibility index (Phi) is 4.60. The Morgan fingerprint density at radius 3 is 2.82 bits per heavy atom. The second-order valence-electron chi connectivity index (χ2n) is 6.76. The number of hydrogen-bond donors (Lipinski definition) is 1. The van der Waals surface area contributed by atoms with Crippen LogP contribution in [0.2, 0.25) is 0 Å². The minimum atomic E-state index is -0.381. The van der Waals surface area contributed by atoms with Crippen LogP contribution >= 0.6 is 0 Å². The molecule has 4 rings (SSSR count). The Balaban J connectivity index is 1.47. The highest BCUT2D eigenvalue weighted by Crippen LogP contribution is 2.17. The highest BCUT2D eigenvalue weighted by molar-refractivity contribution is 5.96. The summed E-state index contributed by atoms with van der Waals surface area (Å²) in [4.78, 5) is 20.7. The Bertz CT molecular complexity index is 1130. The predicted octanol–water partition coefficient (Wildman–Crippen LogP) is 3.27. The van der Waals surface area contributed by atoms with Gasteiger partial charge in [-0.15, -0.1) is 0 Å². The second kappa shape index (κ2) is 7.22. The smallest absolute Gasteiger partial charge is 0.253 e. The summed E-state index contributed by atoms with van der Waals surface area (Å²) in [6, 6.07) is 6.78. The summed E-state index contributed by atoms with van der Waals surface area (Å²) in [6.45, 7) is 4.25. The highest BCUT2D eigenvalue weighted by atomic mass is 19.1. The maximum Gasteiger partial charge on any atom is 0.253 e. The number of benzene rings is 1. The van der Waals surface area contributed by atoms with Crippen molar-refractivity contribution >= 4 is 16.9 Å². The average molecular weight is 378 g/mol. The molecule has 3 aromatic heterocycles. The summed E-state index contributed by atoms with van der Waals surface area (Å²) >= 11 is 0. The molecule has 0 spiro atoms. The third-order valence-electron chi connectivity index (χ3n) is 4.43. The normalized spacial score (nSPS) is 11.3.